The van der Waals surface area contributed by atoms with Crippen LogP contribution >= 0.6 is 0 Å². The highest BCUT2D eigenvalue weighted by molar-refractivity contribution is 6.62. The average molecular weight is 226 g/mol. The molecule has 2 heterocycles. The van der Waals surface area contributed by atoms with Gasteiger partial charge in [0.2, 0.25) is 5.95 Å². The van der Waals surface area contributed by atoms with Crippen LogP contribution in [0.3, 0.4) is 0 Å². The fourth-order valence-electron chi connectivity index (χ4n) is 1.36. The molecule has 5 heteroatoms. The topological polar surface area (TPSA) is 31.4 Å². The maximum Gasteiger partial charge on any atom is 0.496 e. The van der Waals surface area contributed by atoms with Gasteiger partial charge in [-0.05, 0) is 33.7 Å². The van der Waals surface area contributed by atoms with Crippen LogP contribution in [0.4, 0.5) is 4.39 Å². The summed E-state index contributed by atoms with van der Waals surface area (Å²) in [6.45, 7) is 7.33. The third-order valence-corrected chi connectivity index (χ3v) is 3.06. The molecule has 0 radical (unpaired) electrons. The van der Waals surface area contributed by atoms with Crippen molar-refractivity contribution in [2.45, 2.75) is 38.9 Å². The molecule has 1 fully saturated rings. The average Bonchev–Trinajstić information content (AvgIpc) is 2.44. The van der Waals surface area contributed by atoms with Crippen molar-refractivity contribution in [3.05, 3.63) is 24.2 Å². The minimum Gasteiger partial charge on any atom is -0.399 e. The van der Waals surface area contributed by atoms with Gasteiger partial charge in [0.25, 0.3) is 0 Å². The predicted molar refractivity (Wildman–Crippen MR) is 59.9 cm³/mol. The van der Waals surface area contributed by atoms with Gasteiger partial charge in [-0.2, -0.15) is 4.39 Å². The maximum absolute atomic E-state index is 13.2. The molecular formula is C11H15BFNO2. The van der Waals surface area contributed by atoms with Crippen LogP contribution in [0.25, 0.3) is 0 Å². The molecule has 0 bridgehead atoms. The Morgan fingerprint density at radius 1 is 1.25 bits per heavy atom. The summed E-state index contributed by atoms with van der Waals surface area (Å²) in [7, 11) is -0.984. The van der Waals surface area contributed by atoms with E-state index in [2.05, 4.69) is 4.98 Å². The van der Waals surface area contributed by atoms with Crippen molar-refractivity contribution in [2.24, 2.45) is 0 Å². The summed E-state index contributed by atoms with van der Waals surface area (Å²) in [5, 5.41) is 0. The van der Waals surface area contributed by atoms with Gasteiger partial charge in [0.05, 0.1) is 15.3 Å². The number of rotatable bonds is 1. The Morgan fingerprint density at radius 2 is 1.81 bits per heavy atom. The van der Waals surface area contributed by atoms with E-state index in [-0.39, 0.29) is 5.46 Å². The zero-order valence-electron chi connectivity index (χ0n) is 12.7. The number of pyridine rings is 1. The zero-order valence-corrected chi connectivity index (χ0v) is 9.72. The van der Waals surface area contributed by atoms with Gasteiger partial charge in [0.1, 0.15) is 0 Å². The molecule has 0 amide bonds. The quantitative estimate of drug-likeness (QED) is 0.537. The van der Waals surface area contributed by atoms with Crippen molar-refractivity contribution in [2.75, 3.05) is 0 Å². The number of hydrogen-bond donors (Lipinski definition) is 0. The molecule has 0 atom stereocenters. The molecule has 16 heavy (non-hydrogen) atoms. The molecule has 86 valence electrons. The van der Waals surface area contributed by atoms with Crippen molar-refractivity contribution < 1.29 is 17.8 Å². The smallest absolute Gasteiger partial charge is 0.399 e. The van der Waals surface area contributed by atoms with Crippen LogP contribution in [0.5, 0.6) is 0 Å². The minimum atomic E-state index is -1.13. The lowest BCUT2D eigenvalue weighted by molar-refractivity contribution is 0.00578. The standard InChI is InChI=1S/C11H15BFNO2/c1-10(2)11(3,4)16-12(15-10)8-5-6-9(13)14-7-8/h5-7H,1-4H3/i5D,6D,7D. The first-order chi connectivity index (χ1) is 8.57. The molecule has 1 saturated heterocycles. The summed E-state index contributed by atoms with van der Waals surface area (Å²) < 4.78 is 47.4. The third-order valence-electron chi connectivity index (χ3n) is 3.06. The van der Waals surface area contributed by atoms with Crippen LogP contribution < -0.4 is 5.46 Å². The lowest BCUT2D eigenvalue weighted by Gasteiger charge is -2.32. The first-order valence-electron chi connectivity index (χ1n) is 6.55. The monoisotopic (exact) mass is 226 g/mol. The Morgan fingerprint density at radius 3 is 2.38 bits per heavy atom. The van der Waals surface area contributed by atoms with E-state index >= 15 is 0 Å². The van der Waals surface area contributed by atoms with Gasteiger partial charge in [-0.3, -0.25) is 0 Å². The minimum absolute atomic E-state index is 0.00921. The van der Waals surface area contributed by atoms with Gasteiger partial charge in [-0.25, -0.2) is 4.98 Å². The van der Waals surface area contributed by atoms with Gasteiger partial charge in [0.15, 0.2) is 0 Å². The second-order valence-corrected chi connectivity index (χ2v) is 4.77. The molecule has 1 aromatic heterocycles. The van der Waals surface area contributed by atoms with Crippen molar-refractivity contribution in [1.82, 2.24) is 4.98 Å². The number of halogens is 1. The van der Waals surface area contributed by atoms with E-state index < -0.39 is 42.5 Å². The van der Waals surface area contributed by atoms with E-state index in [0.717, 1.165) is 0 Å². The van der Waals surface area contributed by atoms with Gasteiger partial charge in [-0.15, -0.1) is 0 Å². The summed E-state index contributed by atoms with van der Waals surface area (Å²) in [4.78, 5) is 3.31. The van der Waals surface area contributed by atoms with Gasteiger partial charge in [0, 0.05) is 11.6 Å². The largest absolute Gasteiger partial charge is 0.496 e. The summed E-state index contributed by atoms with van der Waals surface area (Å²) >= 11 is 0. The Labute approximate surface area is 99.3 Å². The molecule has 0 unspecified atom stereocenters. The second kappa shape index (κ2) is 3.53. The van der Waals surface area contributed by atoms with Crippen LogP contribution in [0, 0.1) is 5.95 Å². The molecule has 2 rings (SSSR count). The molecule has 1 aromatic rings. The zero-order chi connectivity index (χ0) is 14.6. The van der Waals surface area contributed by atoms with E-state index in [1.165, 1.54) is 0 Å². The molecule has 0 spiro atoms. The van der Waals surface area contributed by atoms with Crippen LogP contribution in [0.2, 0.25) is 0 Å². The number of nitrogens with zero attached hydrogens (tertiary/aromatic N) is 1. The van der Waals surface area contributed by atoms with Crippen molar-refractivity contribution in [1.29, 1.82) is 0 Å². The van der Waals surface area contributed by atoms with E-state index in [4.69, 9.17) is 13.4 Å². The van der Waals surface area contributed by atoms with Crippen molar-refractivity contribution in [3.8, 4) is 0 Å². The van der Waals surface area contributed by atoms with Crippen LogP contribution in [-0.4, -0.2) is 23.3 Å². The maximum atomic E-state index is 13.2. The second-order valence-electron chi connectivity index (χ2n) is 4.77. The van der Waals surface area contributed by atoms with Crippen molar-refractivity contribution >= 4 is 12.6 Å². The fourth-order valence-corrected chi connectivity index (χ4v) is 1.36. The summed E-state index contributed by atoms with van der Waals surface area (Å²) in [6, 6.07) is -1.07. The molecule has 0 aromatic carbocycles. The Kier molecular flexibility index (Phi) is 1.81. The number of aromatic nitrogens is 1. The highest BCUT2D eigenvalue weighted by atomic mass is 19.1. The Bertz CT molecular complexity index is 523. The van der Waals surface area contributed by atoms with E-state index in [0.29, 0.717) is 0 Å². The number of hydrogen-bond acceptors (Lipinski definition) is 3. The lowest BCUT2D eigenvalue weighted by atomic mass is 9.80. The molecular weight excluding hydrogens is 208 g/mol. The predicted octanol–water partition coefficient (Wildman–Crippen LogP) is 1.52. The molecule has 0 aliphatic carbocycles. The van der Waals surface area contributed by atoms with Gasteiger partial charge >= 0.3 is 7.12 Å². The first kappa shape index (κ1) is 8.20. The fraction of sp³-hybridized carbons (Fsp3) is 0.545. The van der Waals surface area contributed by atoms with Crippen LogP contribution in [-0.2, 0) is 9.31 Å². The molecule has 0 saturated carbocycles. The van der Waals surface area contributed by atoms with E-state index in [1.807, 2.05) is 27.7 Å². The molecule has 1 aliphatic rings. The SMILES string of the molecule is [2H]c1nc(F)c([2H])c([2H])c1B1OC(C)(C)C(C)(C)O1. The van der Waals surface area contributed by atoms with Gasteiger partial charge in [-0.1, -0.05) is 6.04 Å². The third kappa shape index (κ3) is 1.85. The Hall–Kier alpha value is -0.935. The lowest BCUT2D eigenvalue weighted by Crippen LogP contribution is -2.41. The highest BCUT2D eigenvalue weighted by Crippen LogP contribution is 2.36. The van der Waals surface area contributed by atoms with Crippen molar-refractivity contribution in [3.63, 3.8) is 0 Å². The van der Waals surface area contributed by atoms with Crippen LogP contribution in [0.15, 0.2) is 18.3 Å². The van der Waals surface area contributed by atoms with E-state index in [1.54, 1.807) is 0 Å². The summed E-state index contributed by atoms with van der Waals surface area (Å²) in [5.74, 6) is -1.13. The molecule has 3 nitrogen and oxygen atoms in total. The molecule has 0 N–H and O–H groups in total. The highest BCUT2D eigenvalue weighted by Gasteiger charge is 2.51. The normalized spacial score (nSPS) is 25.1. The molecule has 1 aliphatic heterocycles. The van der Waals surface area contributed by atoms with E-state index in [9.17, 15) is 4.39 Å². The Balaban J connectivity index is 2.49. The summed E-state index contributed by atoms with van der Waals surface area (Å²) in [5.41, 5.74) is -1.27. The summed E-state index contributed by atoms with van der Waals surface area (Å²) in [6.07, 6.45) is -0.433. The van der Waals surface area contributed by atoms with Gasteiger partial charge < -0.3 is 9.31 Å². The first-order valence-corrected chi connectivity index (χ1v) is 5.05. The van der Waals surface area contributed by atoms with Crippen LogP contribution in [0.1, 0.15) is 31.8 Å².